The minimum atomic E-state index is -3.54. The van der Waals surface area contributed by atoms with Gasteiger partial charge in [0.05, 0.1) is 18.5 Å². The number of carbonyl (C=O) groups is 1. The Hall–Kier alpha value is -0.660. The first-order valence-electron chi connectivity index (χ1n) is 13.2. The van der Waals surface area contributed by atoms with Crippen LogP contribution in [0.15, 0.2) is 0 Å². The van der Waals surface area contributed by atoms with Gasteiger partial charge in [-0.2, -0.15) is 0 Å². The van der Waals surface area contributed by atoms with Gasteiger partial charge in [0.2, 0.25) is 15.9 Å². The molecule has 0 bridgehead atoms. The molecule has 0 aromatic heterocycles. The Morgan fingerprint density at radius 2 is 1.67 bits per heavy atom. The SMILES string of the molecule is CC[C@H]1[C@@H](O)[C@@H]2C(CC[C@]3(C)[C@@H]([C@H](C)CC(=O)NS(C)(=O)=O)CC[C@@H]23)[C@@]2(C)CC[C@@H](O)C[C@@H]12. The number of aliphatic hydroxyl groups is 2. The number of sulfonamides is 1. The van der Waals surface area contributed by atoms with Crippen molar-refractivity contribution < 1.29 is 23.4 Å². The second-order valence-electron chi connectivity index (χ2n) is 12.6. The Balaban J connectivity index is 1.58. The van der Waals surface area contributed by atoms with Gasteiger partial charge in [-0.3, -0.25) is 9.52 Å². The van der Waals surface area contributed by atoms with Crippen molar-refractivity contribution in [2.75, 3.05) is 6.26 Å². The Bertz CT molecular complexity index is 861. The molecule has 0 heterocycles. The number of aliphatic hydroxyl groups excluding tert-OH is 2. The maximum Gasteiger partial charge on any atom is 0.233 e. The average molecular weight is 484 g/mol. The average Bonchev–Trinajstić information content (AvgIpc) is 3.05. The van der Waals surface area contributed by atoms with Gasteiger partial charge in [-0.25, -0.2) is 8.42 Å². The number of fused-ring (bicyclic) bond motifs is 5. The summed E-state index contributed by atoms with van der Waals surface area (Å²) in [7, 11) is -3.54. The monoisotopic (exact) mass is 483 g/mol. The van der Waals surface area contributed by atoms with Crippen LogP contribution in [0.3, 0.4) is 0 Å². The van der Waals surface area contributed by atoms with Gasteiger partial charge in [-0.1, -0.05) is 34.1 Å². The topological polar surface area (TPSA) is 104 Å². The van der Waals surface area contributed by atoms with Crippen LogP contribution < -0.4 is 4.72 Å². The van der Waals surface area contributed by atoms with E-state index < -0.39 is 15.9 Å². The standard InChI is InChI=1S/C26H45NO5S/c1-6-17-21-14-16(28)9-11-26(21,4)20-10-12-25(3)18(7-8-19(25)23(20)24(17)30)15(2)13-22(29)27-33(5,31)32/h15-21,23-24,28,30H,6-14H2,1-5H3,(H,27,29)/t15-,16-,17-,18-,19+,20?,21+,23+,24-,25-,26-/m1/s1. The van der Waals surface area contributed by atoms with Gasteiger partial charge >= 0.3 is 0 Å². The lowest BCUT2D eigenvalue weighted by molar-refractivity contribution is -0.203. The molecule has 4 aliphatic rings. The summed E-state index contributed by atoms with van der Waals surface area (Å²) in [5.41, 5.74) is 0.257. The van der Waals surface area contributed by atoms with Crippen LogP contribution >= 0.6 is 0 Å². The van der Waals surface area contributed by atoms with E-state index in [1.807, 2.05) is 0 Å². The molecular formula is C26H45NO5S. The van der Waals surface area contributed by atoms with Crippen molar-refractivity contribution in [3.63, 3.8) is 0 Å². The molecular weight excluding hydrogens is 438 g/mol. The lowest BCUT2D eigenvalue weighted by Crippen LogP contribution is -2.62. The third-order valence-corrected chi connectivity index (χ3v) is 11.6. The van der Waals surface area contributed by atoms with Gasteiger partial charge in [0.25, 0.3) is 0 Å². The molecule has 0 saturated heterocycles. The molecule has 190 valence electrons. The predicted octanol–water partition coefficient (Wildman–Crippen LogP) is 3.72. The van der Waals surface area contributed by atoms with Crippen LogP contribution in [0.25, 0.3) is 0 Å². The summed E-state index contributed by atoms with van der Waals surface area (Å²) in [6.07, 6.45) is 8.74. The first kappa shape index (κ1) is 25.4. The Morgan fingerprint density at radius 3 is 2.30 bits per heavy atom. The summed E-state index contributed by atoms with van der Waals surface area (Å²) < 4.78 is 25.1. The van der Waals surface area contributed by atoms with Crippen LogP contribution in [0.2, 0.25) is 0 Å². The molecule has 11 atom stereocenters. The zero-order valence-corrected chi connectivity index (χ0v) is 21.9. The highest BCUT2D eigenvalue weighted by molar-refractivity contribution is 7.89. The Morgan fingerprint density at radius 1 is 1.03 bits per heavy atom. The Kier molecular flexibility index (Phi) is 6.76. The summed E-state index contributed by atoms with van der Waals surface area (Å²) in [6, 6.07) is 0. The molecule has 0 radical (unpaired) electrons. The molecule has 0 aromatic carbocycles. The largest absolute Gasteiger partial charge is 0.393 e. The molecule has 4 saturated carbocycles. The molecule has 7 heteroatoms. The molecule has 33 heavy (non-hydrogen) atoms. The maximum absolute atomic E-state index is 12.3. The fourth-order valence-electron chi connectivity index (χ4n) is 9.62. The zero-order chi connectivity index (χ0) is 24.3. The molecule has 3 N–H and O–H groups in total. The molecule has 6 nitrogen and oxygen atoms in total. The van der Waals surface area contributed by atoms with E-state index in [1.54, 1.807) is 0 Å². The molecule has 4 fully saturated rings. The van der Waals surface area contributed by atoms with Gasteiger partial charge in [-0.15, -0.1) is 0 Å². The highest BCUT2D eigenvalue weighted by Crippen LogP contribution is 2.69. The highest BCUT2D eigenvalue weighted by Gasteiger charge is 2.64. The van der Waals surface area contributed by atoms with Crippen LogP contribution in [0.1, 0.15) is 85.5 Å². The molecule has 4 aliphatic carbocycles. The molecule has 4 rings (SSSR count). The second-order valence-corrected chi connectivity index (χ2v) is 14.3. The first-order chi connectivity index (χ1) is 15.3. The fraction of sp³-hybridized carbons (Fsp3) is 0.962. The molecule has 1 unspecified atom stereocenters. The fourth-order valence-corrected chi connectivity index (χ4v) is 10.1. The molecule has 0 aliphatic heterocycles. The quantitative estimate of drug-likeness (QED) is 0.553. The van der Waals surface area contributed by atoms with E-state index in [1.165, 1.54) is 0 Å². The minimum absolute atomic E-state index is 0.0720. The van der Waals surface area contributed by atoms with Crippen molar-refractivity contribution in [3.8, 4) is 0 Å². The zero-order valence-electron chi connectivity index (χ0n) is 21.1. The van der Waals surface area contributed by atoms with E-state index in [4.69, 9.17) is 0 Å². The highest BCUT2D eigenvalue weighted by atomic mass is 32.2. The maximum atomic E-state index is 12.3. The number of hydrogen-bond donors (Lipinski definition) is 3. The Labute approximate surface area is 200 Å². The summed E-state index contributed by atoms with van der Waals surface area (Å²) >= 11 is 0. The number of nitrogens with one attached hydrogen (secondary N) is 1. The van der Waals surface area contributed by atoms with Crippen molar-refractivity contribution in [2.24, 2.45) is 52.3 Å². The number of hydrogen-bond acceptors (Lipinski definition) is 5. The van der Waals surface area contributed by atoms with Gasteiger partial charge < -0.3 is 10.2 Å². The van der Waals surface area contributed by atoms with Gasteiger partial charge in [0.1, 0.15) is 0 Å². The van der Waals surface area contributed by atoms with Crippen molar-refractivity contribution in [2.45, 2.75) is 97.7 Å². The smallest absolute Gasteiger partial charge is 0.233 e. The van der Waals surface area contributed by atoms with Crippen LogP contribution in [0.4, 0.5) is 0 Å². The van der Waals surface area contributed by atoms with Gasteiger partial charge in [0, 0.05) is 6.42 Å². The first-order valence-corrected chi connectivity index (χ1v) is 15.1. The van der Waals surface area contributed by atoms with Gasteiger partial charge in [-0.05, 0) is 97.2 Å². The lowest BCUT2D eigenvalue weighted by atomic mass is 9.41. The van der Waals surface area contributed by atoms with E-state index in [0.29, 0.717) is 23.7 Å². The van der Waals surface area contributed by atoms with Crippen molar-refractivity contribution in [1.82, 2.24) is 4.72 Å². The van der Waals surface area contributed by atoms with Crippen LogP contribution in [0.5, 0.6) is 0 Å². The third-order valence-electron chi connectivity index (χ3n) is 11.0. The normalized spacial score (nSPS) is 48.3. The van der Waals surface area contributed by atoms with Crippen molar-refractivity contribution in [3.05, 3.63) is 0 Å². The third kappa shape index (κ3) is 4.29. The molecule has 0 aromatic rings. The minimum Gasteiger partial charge on any atom is -0.393 e. The van der Waals surface area contributed by atoms with E-state index in [-0.39, 0.29) is 47.2 Å². The van der Waals surface area contributed by atoms with E-state index >= 15 is 0 Å². The van der Waals surface area contributed by atoms with Crippen LogP contribution in [-0.4, -0.2) is 43.0 Å². The molecule has 0 spiro atoms. The van der Waals surface area contributed by atoms with Crippen LogP contribution in [0, 0.1) is 52.3 Å². The number of amides is 1. The van der Waals surface area contributed by atoms with E-state index in [0.717, 1.165) is 57.6 Å². The lowest BCUT2D eigenvalue weighted by Gasteiger charge is -2.64. The number of rotatable bonds is 5. The van der Waals surface area contributed by atoms with E-state index in [2.05, 4.69) is 32.4 Å². The van der Waals surface area contributed by atoms with E-state index in [9.17, 15) is 23.4 Å². The van der Waals surface area contributed by atoms with Crippen LogP contribution in [-0.2, 0) is 14.8 Å². The summed E-state index contributed by atoms with van der Waals surface area (Å²) in [5, 5.41) is 22.2. The van der Waals surface area contributed by atoms with Crippen molar-refractivity contribution in [1.29, 1.82) is 0 Å². The predicted molar refractivity (Wildman–Crippen MR) is 129 cm³/mol. The molecule has 1 amide bonds. The summed E-state index contributed by atoms with van der Waals surface area (Å²) in [5.74, 6) is 1.91. The summed E-state index contributed by atoms with van der Waals surface area (Å²) in [6.45, 7) is 9.11. The summed E-state index contributed by atoms with van der Waals surface area (Å²) in [4.78, 5) is 12.3. The number of carbonyl (C=O) groups excluding carboxylic acids is 1. The van der Waals surface area contributed by atoms with Crippen molar-refractivity contribution >= 4 is 15.9 Å². The second kappa shape index (κ2) is 8.77. The van der Waals surface area contributed by atoms with Gasteiger partial charge in [0.15, 0.2) is 0 Å².